The van der Waals surface area contributed by atoms with Crippen molar-refractivity contribution < 1.29 is 14.2 Å². The molecule has 0 amide bonds. The van der Waals surface area contributed by atoms with Gasteiger partial charge >= 0.3 is 0 Å². The zero-order valence-electron chi connectivity index (χ0n) is 16.2. The van der Waals surface area contributed by atoms with Crippen molar-refractivity contribution in [2.24, 2.45) is 7.05 Å². The fraction of sp³-hybridized carbons (Fsp3) is 0.381. The minimum absolute atomic E-state index is 0.156. The van der Waals surface area contributed by atoms with Crippen LogP contribution in [0.2, 0.25) is 5.15 Å². The highest BCUT2D eigenvalue weighted by Crippen LogP contribution is 2.30. The highest BCUT2D eigenvalue weighted by molar-refractivity contribution is 6.33. The molecule has 0 saturated heterocycles. The van der Waals surface area contributed by atoms with E-state index in [1.807, 2.05) is 0 Å². The van der Waals surface area contributed by atoms with Crippen LogP contribution in [-0.2, 0) is 7.05 Å². The summed E-state index contributed by atoms with van der Waals surface area (Å²) in [6, 6.07) is 4.60. The second kappa shape index (κ2) is 7.62. The number of aliphatic hydroxyl groups is 1. The van der Waals surface area contributed by atoms with E-state index in [1.54, 1.807) is 23.7 Å². The summed E-state index contributed by atoms with van der Waals surface area (Å²) in [5, 5.41) is 10.7. The van der Waals surface area contributed by atoms with E-state index >= 15 is 0 Å². The molecule has 29 heavy (non-hydrogen) atoms. The van der Waals surface area contributed by atoms with Crippen LogP contribution in [0, 0.1) is 17.7 Å². The number of aryl methyl sites for hydroxylation is 1. The molecule has 4 rings (SSSR count). The molecule has 1 aliphatic rings. The summed E-state index contributed by atoms with van der Waals surface area (Å²) < 4.78 is 20.8. The largest absolute Gasteiger partial charge is 0.494 e. The van der Waals surface area contributed by atoms with Crippen LogP contribution in [0.4, 0.5) is 4.39 Å². The van der Waals surface area contributed by atoms with Gasteiger partial charge < -0.3 is 14.4 Å². The van der Waals surface area contributed by atoms with E-state index in [-0.39, 0.29) is 16.7 Å². The summed E-state index contributed by atoms with van der Waals surface area (Å²) in [6.45, 7) is 0. The van der Waals surface area contributed by atoms with E-state index in [9.17, 15) is 9.50 Å². The zero-order valence-corrected chi connectivity index (χ0v) is 16.9. The number of aromatic nitrogens is 4. The Kier molecular flexibility index (Phi) is 5.15. The van der Waals surface area contributed by atoms with Crippen LogP contribution in [0.25, 0.3) is 22.6 Å². The molecule has 0 bridgehead atoms. The van der Waals surface area contributed by atoms with Crippen molar-refractivity contribution in [2.45, 2.75) is 37.7 Å². The van der Waals surface area contributed by atoms with Crippen LogP contribution < -0.4 is 4.74 Å². The Bertz CT molecular complexity index is 1140. The van der Waals surface area contributed by atoms with Gasteiger partial charge in [-0.05, 0) is 49.8 Å². The second-order valence-electron chi connectivity index (χ2n) is 7.20. The van der Waals surface area contributed by atoms with Crippen LogP contribution in [0.15, 0.2) is 18.2 Å². The highest BCUT2D eigenvalue weighted by Gasteiger charge is 2.26. The predicted octanol–water partition coefficient (Wildman–Crippen LogP) is 3.88. The fourth-order valence-electron chi connectivity index (χ4n) is 3.58. The maximum Gasteiger partial charge on any atom is 0.208 e. The van der Waals surface area contributed by atoms with Crippen molar-refractivity contribution in [1.82, 2.24) is 19.5 Å². The quantitative estimate of drug-likeness (QED) is 0.509. The van der Waals surface area contributed by atoms with Crippen LogP contribution in [-0.4, -0.2) is 37.3 Å². The zero-order chi connectivity index (χ0) is 20.6. The first kappa shape index (κ1) is 19.6. The molecular formula is C21H20ClFN4O2. The normalized spacial score (nSPS) is 15.8. The van der Waals surface area contributed by atoms with E-state index in [4.69, 9.17) is 16.3 Å². The minimum atomic E-state index is -0.999. The van der Waals surface area contributed by atoms with Crippen molar-refractivity contribution in [3.05, 3.63) is 35.0 Å². The Labute approximate surface area is 172 Å². The number of ether oxygens (including phenoxy) is 1. The Morgan fingerprint density at radius 1 is 1.21 bits per heavy atom. The number of imidazole rings is 1. The summed E-state index contributed by atoms with van der Waals surface area (Å²) in [5.74, 6) is 6.16. The van der Waals surface area contributed by atoms with Gasteiger partial charge in [0.05, 0.1) is 7.11 Å². The molecule has 8 heteroatoms. The van der Waals surface area contributed by atoms with Gasteiger partial charge in [0.2, 0.25) is 5.82 Å². The molecule has 3 aromatic rings. The van der Waals surface area contributed by atoms with Crippen molar-refractivity contribution in [3.63, 3.8) is 0 Å². The summed E-state index contributed by atoms with van der Waals surface area (Å²) in [6.07, 6.45) is 4.32. The average Bonchev–Trinajstić information content (AvgIpc) is 3.04. The SMILES string of the molecule is COc1ccc(-c2nc3c(Cl)nc(C#CC4(O)CCCCC4)nc3n2C)cc1F. The molecule has 0 aliphatic heterocycles. The Balaban J connectivity index is 1.75. The lowest BCUT2D eigenvalue weighted by Gasteiger charge is -2.26. The number of nitrogens with zero attached hydrogens (tertiary/aromatic N) is 4. The second-order valence-corrected chi connectivity index (χ2v) is 7.55. The predicted molar refractivity (Wildman–Crippen MR) is 108 cm³/mol. The lowest BCUT2D eigenvalue weighted by atomic mass is 9.85. The Morgan fingerprint density at radius 3 is 2.66 bits per heavy atom. The highest BCUT2D eigenvalue weighted by atomic mass is 35.5. The van der Waals surface area contributed by atoms with Gasteiger partial charge in [-0.15, -0.1) is 0 Å². The first-order valence-electron chi connectivity index (χ1n) is 9.40. The number of methoxy groups -OCH3 is 1. The first-order chi connectivity index (χ1) is 13.9. The smallest absolute Gasteiger partial charge is 0.208 e. The fourth-order valence-corrected chi connectivity index (χ4v) is 3.79. The first-order valence-corrected chi connectivity index (χ1v) is 9.77. The van der Waals surface area contributed by atoms with E-state index in [0.717, 1.165) is 19.3 Å². The lowest BCUT2D eigenvalue weighted by Crippen LogP contribution is -2.29. The topological polar surface area (TPSA) is 73.1 Å². The van der Waals surface area contributed by atoms with Crippen LogP contribution in [0.3, 0.4) is 0 Å². The number of halogens is 2. The number of hydrogen-bond acceptors (Lipinski definition) is 5. The summed E-state index contributed by atoms with van der Waals surface area (Å²) in [4.78, 5) is 13.1. The summed E-state index contributed by atoms with van der Waals surface area (Å²) >= 11 is 6.32. The minimum Gasteiger partial charge on any atom is -0.494 e. The number of fused-ring (bicyclic) bond motifs is 1. The van der Waals surface area contributed by atoms with Gasteiger partial charge in [0.15, 0.2) is 22.4 Å². The molecule has 1 N–H and O–H groups in total. The standard InChI is InChI=1S/C21H20ClFN4O2/c1-27-19(13-6-7-15(29-2)14(23)12-13)26-17-18(22)24-16(25-20(17)27)8-11-21(28)9-4-3-5-10-21/h6-7,12,28H,3-5,9-10H2,1-2H3. The molecule has 0 atom stereocenters. The molecule has 1 fully saturated rings. The summed E-state index contributed by atoms with van der Waals surface area (Å²) in [7, 11) is 3.18. The Hall–Kier alpha value is -2.69. The van der Waals surface area contributed by atoms with Crippen LogP contribution >= 0.6 is 11.6 Å². The molecule has 0 spiro atoms. The van der Waals surface area contributed by atoms with Crippen LogP contribution in [0.1, 0.15) is 37.9 Å². The molecule has 2 aromatic heterocycles. The van der Waals surface area contributed by atoms with Gasteiger partial charge in [-0.2, -0.15) is 0 Å². The molecule has 0 radical (unpaired) electrons. The van der Waals surface area contributed by atoms with Gasteiger partial charge in [-0.3, -0.25) is 0 Å². The van der Waals surface area contributed by atoms with E-state index < -0.39 is 11.4 Å². The maximum absolute atomic E-state index is 14.1. The van der Waals surface area contributed by atoms with Crippen molar-refractivity contribution in [3.8, 4) is 29.0 Å². The molecule has 1 aliphatic carbocycles. The van der Waals surface area contributed by atoms with Gasteiger partial charge in [0.1, 0.15) is 16.9 Å². The van der Waals surface area contributed by atoms with E-state index in [2.05, 4.69) is 26.8 Å². The molecule has 1 saturated carbocycles. The average molecular weight is 415 g/mol. The van der Waals surface area contributed by atoms with Gasteiger partial charge in [-0.25, -0.2) is 19.3 Å². The van der Waals surface area contributed by atoms with E-state index in [1.165, 1.54) is 13.2 Å². The van der Waals surface area contributed by atoms with Gasteiger partial charge in [0.25, 0.3) is 0 Å². The van der Waals surface area contributed by atoms with Crippen molar-refractivity contribution >= 4 is 22.8 Å². The number of hydrogen-bond donors (Lipinski definition) is 1. The molecule has 0 unspecified atom stereocenters. The molecule has 6 nitrogen and oxygen atoms in total. The monoisotopic (exact) mass is 414 g/mol. The van der Waals surface area contributed by atoms with E-state index in [0.29, 0.717) is 35.4 Å². The molecular weight excluding hydrogens is 395 g/mol. The van der Waals surface area contributed by atoms with Crippen molar-refractivity contribution in [1.29, 1.82) is 0 Å². The third-order valence-corrected chi connectivity index (χ3v) is 5.44. The molecule has 150 valence electrons. The van der Waals surface area contributed by atoms with Gasteiger partial charge in [0, 0.05) is 12.6 Å². The maximum atomic E-state index is 14.1. The third-order valence-electron chi connectivity index (χ3n) is 5.17. The lowest BCUT2D eigenvalue weighted by molar-refractivity contribution is 0.0610. The molecule has 1 aromatic carbocycles. The summed E-state index contributed by atoms with van der Waals surface area (Å²) in [5.41, 5.74) is 0.448. The number of benzene rings is 1. The Morgan fingerprint density at radius 2 is 1.97 bits per heavy atom. The number of rotatable bonds is 2. The van der Waals surface area contributed by atoms with Crippen molar-refractivity contribution in [2.75, 3.05) is 7.11 Å². The van der Waals surface area contributed by atoms with Crippen LogP contribution in [0.5, 0.6) is 5.75 Å². The van der Waals surface area contributed by atoms with Gasteiger partial charge in [-0.1, -0.05) is 23.9 Å². The molecule has 2 heterocycles. The third kappa shape index (κ3) is 3.78.